The first-order valence-corrected chi connectivity index (χ1v) is 5.90. The molecule has 2 rings (SSSR count). The Hall–Kier alpha value is -2.58. The third kappa shape index (κ3) is 5.13. The van der Waals surface area contributed by atoms with Crippen LogP contribution in [-0.4, -0.2) is 27.0 Å². The fourth-order valence-electron chi connectivity index (χ4n) is 1.53. The van der Waals surface area contributed by atoms with Gasteiger partial charge in [-0.05, 0) is 24.3 Å². The predicted octanol–water partition coefficient (Wildman–Crippen LogP) is 2.21. The number of aryl methyl sites for hydroxylation is 1. The molecule has 0 atom stereocenters. The van der Waals surface area contributed by atoms with Crippen molar-refractivity contribution in [3.8, 4) is 5.75 Å². The Morgan fingerprint density at radius 1 is 1.29 bits per heavy atom. The quantitative estimate of drug-likeness (QED) is 0.919. The molecule has 112 valence electrons. The number of benzene rings is 1. The molecule has 9 heteroatoms. The maximum Gasteiger partial charge on any atom is 0.573 e. The van der Waals surface area contributed by atoms with Crippen molar-refractivity contribution in [2.45, 2.75) is 19.3 Å². The molecule has 21 heavy (non-hydrogen) atoms. The highest BCUT2D eigenvalue weighted by atomic mass is 19.4. The molecule has 1 N–H and O–H groups in total. The number of rotatable bonds is 5. The number of carbonyl (C=O) groups is 1. The van der Waals surface area contributed by atoms with Gasteiger partial charge in [0.2, 0.25) is 5.91 Å². The Morgan fingerprint density at radius 2 is 2.00 bits per heavy atom. The number of anilines is 1. The summed E-state index contributed by atoms with van der Waals surface area (Å²) in [6, 6.07) is 4.91. The van der Waals surface area contributed by atoms with Crippen LogP contribution in [0.15, 0.2) is 36.9 Å². The van der Waals surface area contributed by atoms with E-state index in [1.807, 2.05) is 0 Å². The third-order valence-corrected chi connectivity index (χ3v) is 2.41. The number of hydrogen-bond donors (Lipinski definition) is 1. The number of alkyl halides is 3. The van der Waals surface area contributed by atoms with Crippen molar-refractivity contribution < 1.29 is 22.7 Å². The first-order valence-electron chi connectivity index (χ1n) is 5.90. The van der Waals surface area contributed by atoms with Gasteiger partial charge in [0.1, 0.15) is 18.4 Å². The van der Waals surface area contributed by atoms with Crippen molar-refractivity contribution in [3.05, 3.63) is 36.9 Å². The lowest BCUT2D eigenvalue weighted by atomic mass is 10.3. The number of nitrogens with one attached hydrogen (secondary N) is 1. The monoisotopic (exact) mass is 300 g/mol. The summed E-state index contributed by atoms with van der Waals surface area (Å²) in [5.41, 5.74) is 0.383. The van der Waals surface area contributed by atoms with Gasteiger partial charge in [0.25, 0.3) is 0 Å². The number of ether oxygens (including phenoxy) is 1. The Kier molecular flexibility index (Phi) is 4.41. The average molecular weight is 300 g/mol. The van der Waals surface area contributed by atoms with E-state index in [0.717, 1.165) is 12.1 Å². The summed E-state index contributed by atoms with van der Waals surface area (Å²) in [6.45, 7) is 0.362. The van der Waals surface area contributed by atoms with Crippen LogP contribution >= 0.6 is 0 Å². The molecule has 1 aromatic carbocycles. The molecule has 1 amide bonds. The Labute approximate surface area is 117 Å². The van der Waals surface area contributed by atoms with Crippen LogP contribution in [0.3, 0.4) is 0 Å². The zero-order valence-electron chi connectivity index (χ0n) is 10.7. The Bertz CT molecular complexity index is 582. The van der Waals surface area contributed by atoms with Gasteiger partial charge in [0.05, 0.1) is 6.54 Å². The lowest BCUT2D eigenvalue weighted by molar-refractivity contribution is -0.274. The number of hydrogen-bond acceptors (Lipinski definition) is 4. The van der Waals surface area contributed by atoms with Gasteiger partial charge < -0.3 is 10.1 Å². The van der Waals surface area contributed by atoms with E-state index < -0.39 is 6.36 Å². The molecular formula is C12H11F3N4O2. The van der Waals surface area contributed by atoms with Crippen LogP contribution in [0.2, 0.25) is 0 Å². The summed E-state index contributed by atoms with van der Waals surface area (Å²) in [6.07, 6.45) is -1.72. The third-order valence-electron chi connectivity index (χ3n) is 2.41. The van der Waals surface area contributed by atoms with Crippen LogP contribution in [0.5, 0.6) is 5.75 Å². The van der Waals surface area contributed by atoms with E-state index >= 15 is 0 Å². The number of aromatic nitrogens is 3. The Morgan fingerprint density at radius 3 is 2.57 bits per heavy atom. The summed E-state index contributed by atoms with van der Waals surface area (Å²) in [5, 5.41) is 6.40. The maximum atomic E-state index is 12.0. The lowest BCUT2D eigenvalue weighted by Gasteiger charge is -2.10. The first-order chi connectivity index (χ1) is 9.92. The normalized spacial score (nSPS) is 11.2. The Balaban J connectivity index is 1.83. The number of nitrogens with zero attached hydrogens (tertiary/aromatic N) is 3. The van der Waals surface area contributed by atoms with Crippen LogP contribution in [0.1, 0.15) is 6.42 Å². The van der Waals surface area contributed by atoms with Gasteiger partial charge in [-0.3, -0.25) is 9.48 Å². The second kappa shape index (κ2) is 6.25. The summed E-state index contributed by atoms with van der Waals surface area (Å²) in [4.78, 5) is 15.4. The molecule has 1 aromatic heterocycles. The molecule has 1 heterocycles. The number of halogens is 3. The highest BCUT2D eigenvalue weighted by Crippen LogP contribution is 2.23. The van der Waals surface area contributed by atoms with E-state index in [4.69, 9.17) is 0 Å². The zero-order valence-corrected chi connectivity index (χ0v) is 10.7. The fraction of sp³-hybridized carbons (Fsp3) is 0.250. The van der Waals surface area contributed by atoms with E-state index in [9.17, 15) is 18.0 Å². The van der Waals surface area contributed by atoms with Crippen molar-refractivity contribution in [3.63, 3.8) is 0 Å². The summed E-state index contributed by atoms with van der Waals surface area (Å²) >= 11 is 0. The van der Waals surface area contributed by atoms with Crippen molar-refractivity contribution >= 4 is 11.6 Å². The van der Waals surface area contributed by atoms with Gasteiger partial charge in [-0.15, -0.1) is 13.2 Å². The molecule has 0 radical (unpaired) electrons. The van der Waals surface area contributed by atoms with Gasteiger partial charge in [-0.2, -0.15) is 5.10 Å². The molecule has 0 fully saturated rings. The van der Waals surface area contributed by atoms with Gasteiger partial charge in [-0.1, -0.05) is 0 Å². The van der Waals surface area contributed by atoms with E-state index in [0.29, 0.717) is 12.2 Å². The maximum absolute atomic E-state index is 12.0. The highest BCUT2D eigenvalue weighted by Gasteiger charge is 2.30. The number of amides is 1. The molecule has 0 spiro atoms. The van der Waals surface area contributed by atoms with Gasteiger partial charge in [-0.25, -0.2) is 4.98 Å². The zero-order chi connectivity index (χ0) is 15.3. The highest BCUT2D eigenvalue weighted by molar-refractivity contribution is 5.90. The molecular weight excluding hydrogens is 289 g/mol. The fourth-order valence-corrected chi connectivity index (χ4v) is 1.53. The summed E-state index contributed by atoms with van der Waals surface area (Å²) in [5.74, 6) is -0.627. The molecule has 0 aliphatic carbocycles. The average Bonchev–Trinajstić information content (AvgIpc) is 2.90. The first kappa shape index (κ1) is 14.8. The molecule has 0 aliphatic rings. The summed E-state index contributed by atoms with van der Waals surface area (Å²) < 4.78 is 41.2. The van der Waals surface area contributed by atoms with Crippen LogP contribution in [0.25, 0.3) is 0 Å². The van der Waals surface area contributed by atoms with Crippen molar-refractivity contribution in [1.29, 1.82) is 0 Å². The van der Waals surface area contributed by atoms with Gasteiger partial charge in [0, 0.05) is 12.1 Å². The molecule has 2 aromatic rings. The standard InChI is InChI=1S/C12H11F3N4O2/c13-12(14,15)21-10-3-1-9(2-4-10)18-11(20)5-6-19-8-16-7-17-19/h1-4,7-8H,5-6H2,(H,18,20). The number of carbonyl (C=O) groups excluding carboxylic acids is 1. The van der Waals surface area contributed by atoms with E-state index in [1.54, 1.807) is 0 Å². The van der Waals surface area contributed by atoms with E-state index in [2.05, 4.69) is 20.1 Å². The predicted molar refractivity (Wildman–Crippen MR) is 66.4 cm³/mol. The van der Waals surface area contributed by atoms with Crippen LogP contribution in [0, 0.1) is 0 Å². The molecule has 6 nitrogen and oxygen atoms in total. The topological polar surface area (TPSA) is 69.0 Å². The molecule has 0 saturated carbocycles. The van der Waals surface area contributed by atoms with E-state index in [1.165, 1.54) is 29.5 Å². The second-order valence-corrected chi connectivity index (χ2v) is 4.03. The molecule has 0 saturated heterocycles. The van der Waals surface area contributed by atoms with Crippen molar-refractivity contribution in [2.24, 2.45) is 0 Å². The largest absolute Gasteiger partial charge is 0.573 e. The minimum Gasteiger partial charge on any atom is -0.406 e. The van der Waals surface area contributed by atoms with Gasteiger partial charge in [0.15, 0.2) is 0 Å². The second-order valence-electron chi connectivity index (χ2n) is 4.03. The lowest BCUT2D eigenvalue weighted by Crippen LogP contribution is -2.17. The molecule has 0 aliphatic heterocycles. The van der Waals surface area contributed by atoms with Crippen molar-refractivity contribution in [1.82, 2.24) is 14.8 Å². The summed E-state index contributed by atoms with van der Waals surface area (Å²) in [7, 11) is 0. The minimum atomic E-state index is -4.73. The smallest absolute Gasteiger partial charge is 0.406 e. The van der Waals surface area contributed by atoms with E-state index in [-0.39, 0.29) is 18.1 Å². The molecule has 0 bridgehead atoms. The van der Waals surface area contributed by atoms with Crippen LogP contribution in [0.4, 0.5) is 18.9 Å². The van der Waals surface area contributed by atoms with Crippen LogP contribution < -0.4 is 10.1 Å². The van der Waals surface area contributed by atoms with Crippen molar-refractivity contribution in [2.75, 3.05) is 5.32 Å². The SMILES string of the molecule is O=C(CCn1cncn1)Nc1ccc(OC(F)(F)F)cc1. The molecule has 0 unspecified atom stereocenters. The van der Waals surface area contributed by atoms with Gasteiger partial charge >= 0.3 is 6.36 Å². The van der Waals surface area contributed by atoms with Crippen LogP contribution in [-0.2, 0) is 11.3 Å². The minimum absolute atomic E-state index is 0.171.